The lowest BCUT2D eigenvalue weighted by Crippen LogP contribution is -2.43. The third kappa shape index (κ3) is 6.33. The molecule has 9 heteroatoms. The van der Waals surface area contributed by atoms with Gasteiger partial charge in [0.25, 0.3) is 0 Å². The molecule has 1 fully saturated rings. The summed E-state index contributed by atoms with van der Waals surface area (Å²) in [6.45, 7) is 2.21. The molecule has 0 unspecified atom stereocenters. The van der Waals surface area contributed by atoms with Crippen LogP contribution in [0.4, 0.5) is 23.2 Å². The normalized spacial score (nSPS) is 15.7. The van der Waals surface area contributed by atoms with Gasteiger partial charge >= 0.3 is 0 Å². The maximum atomic E-state index is 13.8. The largest absolute Gasteiger partial charge is 0.497 e. The molecule has 0 aliphatic carbocycles. The predicted octanol–water partition coefficient (Wildman–Crippen LogP) is 5.64. The van der Waals surface area contributed by atoms with E-state index >= 15 is 0 Å². The quantitative estimate of drug-likeness (QED) is 0.254. The van der Waals surface area contributed by atoms with E-state index in [2.05, 4.69) is 15.2 Å². The van der Waals surface area contributed by atoms with Gasteiger partial charge in [0.15, 0.2) is 17.5 Å². The van der Waals surface area contributed by atoms with Crippen LogP contribution >= 0.6 is 0 Å². The average Bonchev–Trinajstić information content (AvgIpc) is 2.92. The van der Waals surface area contributed by atoms with E-state index in [1.54, 1.807) is 13.3 Å². The zero-order valence-corrected chi connectivity index (χ0v) is 21.0. The number of aromatic nitrogens is 1. The van der Waals surface area contributed by atoms with Crippen LogP contribution in [-0.2, 0) is 13.1 Å². The van der Waals surface area contributed by atoms with Crippen LogP contribution in [0.25, 0.3) is 10.9 Å². The summed E-state index contributed by atoms with van der Waals surface area (Å²) in [5.74, 6) is -3.20. The van der Waals surface area contributed by atoms with Crippen molar-refractivity contribution < 1.29 is 27.4 Å². The number of benzene rings is 2. The first-order valence-electron chi connectivity index (χ1n) is 12.6. The van der Waals surface area contributed by atoms with Crippen molar-refractivity contribution in [2.24, 2.45) is 5.41 Å². The Hall–Kier alpha value is -2.91. The maximum absolute atomic E-state index is 13.8. The van der Waals surface area contributed by atoms with Gasteiger partial charge in [0.05, 0.1) is 12.6 Å². The van der Waals surface area contributed by atoms with Gasteiger partial charge in [-0.3, -0.25) is 4.98 Å². The number of aliphatic hydroxyl groups excluding tert-OH is 1. The van der Waals surface area contributed by atoms with Crippen molar-refractivity contribution in [3.8, 4) is 5.75 Å². The number of hydrogen-bond donors (Lipinski definition) is 2. The minimum absolute atomic E-state index is 0.0914. The minimum Gasteiger partial charge on any atom is -0.497 e. The van der Waals surface area contributed by atoms with Gasteiger partial charge in [-0.25, -0.2) is 17.6 Å². The maximum Gasteiger partial charge on any atom is 0.194 e. The first-order valence-corrected chi connectivity index (χ1v) is 12.6. The van der Waals surface area contributed by atoms with Crippen molar-refractivity contribution in [3.63, 3.8) is 0 Å². The Morgan fingerprint density at radius 3 is 2.49 bits per heavy atom. The van der Waals surface area contributed by atoms with Crippen molar-refractivity contribution in [2.75, 3.05) is 45.2 Å². The van der Waals surface area contributed by atoms with Gasteiger partial charge in [-0.15, -0.1) is 0 Å². The van der Waals surface area contributed by atoms with Crippen LogP contribution in [0.5, 0.6) is 5.75 Å². The Bertz CT molecular complexity index is 1190. The third-order valence-electron chi connectivity index (χ3n) is 7.55. The molecule has 0 saturated carbocycles. The van der Waals surface area contributed by atoms with Crippen molar-refractivity contribution in [2.45, 2.75) is 38.8 Å². The summed E-state index contributed by atoms with van der Waals surface area (Å²) < 4.78 is 59.0. The number of nitrogens with one attached hydrogen (secondary N) is 1. The number of anilines is 1. The summed E-state index contributed by atoms with van der Waals surface area (Å²) >= 11 is 0. The summed E-state index contributed by atoms with van der Waals surface area (Å²) in [5.41, 5.74) is 2.34. The number of aliphatic hydroxyl groups is 1. The Balaban J connectivity index is 1.31. The standard InChI is InChI=1S/C28H33F4N3O2/c1-37-21-4-5-26-23(15-21)22(19(16-29)17-34-26)3-2-6-28(18-36)7-10-35(11-8-28)12-9-33-20-13-24(30)27(32)25(31)14-20/h4-5,13-15,17,33,36H,2-3,6-12,16,18H2,1H3. The number of aryl methyl sites for hydroxylation is 1. The molecule has 2 N–H and O–H groups in total. The highest BCUT2D eigenvalue weighted by atomic mass is 19.2. The molecular weight excluding hydrogens is 486 g/mol. The number of methoxy groups -OCH3 is 1. The minimum atomic E-state index is -1.47. The van der Waals surface area contributed by atoms with Gasteiger partial charge in [0.1, 0.15) is 12.4 Å². The fourth-order valence-corrected chi connectivity index (χ4v) is 5.20. The molecule has 2 aromatic carbocycles. The highest BCUT2D eigenvalue weighted by molar-refractivity contribution is 5.84. The molecule has 37 heavy (non-hydrogen) atoms. The molecule has 1 saturated heterocycles. The number of fused-ring (bicyclic) bond motifs is 1. The summed E-state index contributed by atoms with van der Waals surface area (Å²) in [5, 5.41) is 14.1. The van der Waals surface area contributed by atoms with Crippen LogP contribution in [0.15, 0.2) is 36.5 Å². The Labute approximate surface area is 214 Å². The van der Waals surface area contributed by atoms with Gasteiger partial charge in [0.2, 0.25) is 0 Å². The van der Waals surface area contributed by atoms with Crippen molar-refractivity contribution in [1.29, 1.82) is 0 Å². The highest BCUT2D eigenvalue weighted by Gasteiger charge is 2.33. The van der Waals surface area contributed by atoms with E-state index in [0.717, 1.165) is 67.4 Å². The molecule has 0 spiro atoms. The van der Waals surface area contributed by atoms with Crippen LogP contribution < -0.4 is 10.1 Å². The van der Waals surface area contributed by atoms with Gasteiger partial charge in [-0.1, -0.05) is 0 Å². The van der Waals surface area contributed by atoms with Gasteiger partial charge in [-0.05, 0) is 74.4 Å². The molecular formula is C28H33F4N3O2. The zero-order chi connectivity index (χ0) is 26.4. The molecule has 0 radical (unpaired) electrons. The highest BCUT2D eigenvalue weighted by Crippen LogP contribution is 2.37. The second-order valence-corrected chi connectivity index (χ2v) is 9.81. The smallest absolute Gasteiger partial charge is 0.194 e. The number of piperidine rings is 1. The summed E-state index contributed by atoms with van der Waals surface area (Å²) in [4.78, 5) is 6.62. The Kier molecular flexibility index (Phi) is 8.87. The Morgan fingerprint density at radius 1 is 1.11 bits per heavy atom. The SMILES string of the molecule is COc1ccc2ncc(CF)c(CCCC3(CO)CCN(CCNc4cc(F)c(F)c(F)c4)CC3)c2c1. The summed E-state index contributed by atoms with van der Waals surface area (Å²) in [6.07, 6.45) is 5.57. The lowest BCUT2D eigenvalue weighted by atomic mass is 9.75. The van der Waals surface area contributed by atoms with Crippen LogP contribution in [0, 0.1) is 22.9 Å². The summed E-state index contributed by atoms with van der Waals surface area (Å²) in [6, 6.07) is 7.51. The first kappa shape index (κ1) is 27.1. The van der Waals surface area contributed by atoms with Gasteiger partial charge in [0, 0.05) is 54.7 Å². The van der Waals surface area contributed by atoms with Gasteiger partial charge in [-0.2, -0.15) is 0 Å². The number of ether oxygens (including phenoxy) is 1. The second kappa shape index (κ2) is 12.1. The molecule has 2 heterocycles. The number of hydrogen-bond acceptors (Lipinski definition) is 5. The second-order valence-electron chi connectivity index (χ2n) is 9.81. The van der Waals surface area contributed by atoms with Crippen LogP contribution in [-0.4, -0.2) is 54.9 Å². The molecule has 1 aliphatic rings. The predicted molar refractivity (Wildman–Crippen MR) is 136 cm³/mol. The lowest BCUT2D eigenvalue weighted by molar-refractivity contribution is 0.0370. The molecule has 3 aromatic rings. The number of likely N-dealkylation sites (tertiary alicyclic amines) is 1. The Morgan fingerprint density at radius 2 is 1.84 bits per heavy atom. The fraction of sp³-hybridized carbons (Fsp3) is 0.464. The molecule has 200 valence electrons. The van der Waals surface area contributed by atoms with E-state index in [0.29, 0.717) is 30.8 Å². The third-order valence-corrected chi connectivity index (χ3v) is 7.55. The van der Waals surface area contributed by atoms with E-state index in [-0.39, 0.29) is 17.7 Å². The topological polar surface area (TPSA) is 57.6 Å². The lowest BCUT2D eigenvalue weighted by Gasteiger charge is -2.41. The number of pyridine rings is 1. The first-order chi connectivity index (χ1) is 17.9. The molecule has 0 bridgehead atoms. The molecule has 4 rings (SSSR count). The number of rotatable bonds is 11. The van der Waals surface area contributed by atoms with E-state index in [1.165, 1.54) is 0 Å². The summed E-state index contributed by atoms with van der Waals surface area (Å²) in [7, 11) is 1.60. The van der Waals surface area contributed by atoms with Crippen molar-refractivity contribution in [1.82, 2.24) is 9.88 Å². The van der Waals surface area contributed by atoms with Crippen molar-refractivity contribution in [3.05, 3.63) is 65.1 Å². The molecule has 1 aromatic heterocycles. The van der Waals surface area contributed by atoms with E-state index in [9.17, 15) is 22.7 Å². The van der Waals surface area contributed by atoms with Crippen LogP contribution in [0.3, 0.4) is 0 Å². The monoisotopic (exact) mass is 519 g/mol. The van der Waals surface area contributed by atoms with E-state index < -0.39 is 24.1 Å². The van der Waals surface area contributed by atoms with Crippen LogP contribution in [0.1, 0.15) is 36.8 Å². The number of nitrogens with zero attached hydrogens (tertiary/aromatic N) is 2. The molecule has 0 atom stereocenters. The molecule has 1 aliphatic heterocycles. The molecule has 5 nitrogen and oxygen atoms in total. The van der Waals surface area contributed by atoms with E-state index in [1.807, 2.05) is 18.2 Å². The zero-order valence-electron chi connectivity index (χ0n) is 21.0. The number of halogens is 4. The number of alkyl halides is 1. The van der Waals surface area contributed by atoms with Crippen LogP contribution in [0.2, 0.25) is 0 Å². The van der Waals surface area contributed by atoms with E-state index in [4.69, 9.17) is 4.74 Å². The van der Waals surface area contributed by atoms with Gasteiger partial charge < -0.3 is 20.1 Å². The van der Waals surface area contributed by atoms with Crippen molar-refractivity contribution >= 4 is 16.6 Å². The molecule has 0 amide bonds. The fourth-order valence-electron chi connectivity index (χ4n) is 5.20. The average molecular weight is 520 g/mol.